The van der Waals surface area contributed by atoms with E-state index in [9.17, 15) is 15.0 Å². The second kappa shape index (κ2) is 9.51. The summed E-state index contributed by atoms with van der Waals surface area (Å²) in [6.45, 7) is 13.5. The Morgan fingerprint density at radius 3 is 2.24 bits per heavy atom. The normalized spacial score (nSPS) is 46.8. The lowest BCUT2D eigenvalue weighted by Gasteiger charge is -2.60. The molecule has 2 N–H and O–H groups in total. The fourth-order valence-electron chi connectivity index (χ4n) is 9.81. The first-order chi connectivity index (χ1) is 15.5. The summed E-state index contributed by atoms with van der Waals surface area (Å²) in [5.74, 6) is 3.58. The number of carbonyl (C=O) groups is 1. The second-order valence-electron chi connectivity index (χ2n) is 13.4. The Hall–Kier alpha value is 0.0700. The van der Waals surface area contributed by atoms with Crippen LogP contribution in [0.3, 0.4) is 0 Å². The van der Waals surface area contributed by atoms with Crippen molar-refractivity contribution in [1.29, 1.82) is 0 Å². The Bertz CT molecular complexity index is 724. The van der Waals surface area contributed by atoms with E-state index in [-0.39, 0.29) is 28.6 Å². The summed E-state index contributed by atoms with van der Waals surface area (Å²) in [5, 5.41) is 22.4. The monoisotopic (exact) mass is 524 g/mol. The number of rotatable bonds is 6. The van der Waals surface area contributed by atoms with Gasteiger partial charge in [0.25, 0.3) is 0 Å². The van der Waals surface area contributed by atoms with Crippen molar-refractivity contribution in [3.63, 3.8) is 0 Å². The van der Waals surface area contributed by atoms with Gasteiger partial charge in [-0.3, -0.25) is 4.79 Å². The van der Waals surface area contributed by atoms with Crippen molar-refractivity contribution in [1.82, 2.24) is 0 Å². The van der Waals surface area contributed by atoms with E-state index in [0.717, 1.165) is 25.7 Å². The molecule has 4 aliphatic rings. The number of hydrogen-bond acceptors (Lipinski definition) is 3. The van der Waals surface area contributed by atoms with E-state index >= 15 is 0 Å². The van der Waals surface area contributed by atoms with Crippen LogP contribution in [0.4, 0.5) is 0 Å². The molecule has 3 nitrogen and oxygen atoms in total. The Morgan fingerprint density at radius 1 is 0.970 bits per heavy atom. The zero-order valence-electron chi connectivity index (χ0n) is 21.9. The predicted molar refractivity (Wildman–Crippen MR) is 138 cm³/mol. The van der Waals surface area contributed by atoms with Crippen molar-refractivity contribution in [3.8, 4) is 0 Å². The van der Waals surface area contributed by atoms with E-state index in [4.69, 9.17) is 0 Å². The van der Waals surface area contributed by atoms with Gasteiger partial charge < -0.3 is 10.2 Å². The third-order valence-corrected chi connectivity index (χ3v) is 12.6. The Morgan fingerprint density at radius 2 is 1.61 bits per heavy atom. The van der Waals surface area contributed by atoms with Crippen molar-refractivity contribution in [2.75, 3.05) is 0 Å². The molecule has 0 aliphatic heterocycles. The highest BCUT2D eigenvalue weighted by atomic mass is 79.9. The van der Waals surface area contributed by atoms with Gasteiger partial charge in [-0.25, -0.2) is 0 Å². The molecule has 0 aromatic carbocycles. The smallest absolute Gasteiger partial charge is 0.136 e. The molecule has 4 saturated carbocycles. The molecule has 4 aliphatic carbocycles. The fourth-order valence-corrected chi connectivity index (χ4v) is 10.4. The average Bonchev–Trinajstić information content (AvgIpc) is 3.11. The molecule has 0 aromatic rings. The SMILES string of the molecule is CC[C@@H](C(C)C)[C@@H](O)[C@H](O)[C@@H](C)[C@H]1CC[C@H]2[C@@H]3CC(=O)[C@H]4C[C@@H](Br)CC[C@]4(C)[C@H]3CC[C@]12C. The van der Waals surface area contributed by atoms with Gasteiger partial charge in [0.15, 0.2) is 0 Å². The van der Waals surface area contributed by atoms with Crippen LogP contribution in [0.25, 0.3) is 0 Å². The zero-order chi connectivity index (χ0) is 24.3. The number of alkyl halides is 1. The van der Waals surface area contributed by atoms with E-state index in [2.05, 4.69) is 57.5 Å². The van der Waals surface area contributed by atoms with Crippen LogP contribution in [0, 0.1) is 58.2 Å². The molecule has 0 aromatic heterocycles. The summed E-state index contributed by atoms with van der Waals surface area (Å²) < 4.78 is 0. The summed E-state index contributed by atoms with van der Waals surface area (Å²) in [6.07, 6.45) is 8.53. The lowest BCUT2D eigenvalue weighted by molar-refractivity contribution is -0.155. The van der Waals surface area contributed by atoms with Crippen molar-refractivity contribution < 1.29 is 15.0 Å². The third kappa shape index (κ3) is 4.20. The van der Waals surface area contributed by atoms with Crippen molar-refractivity contribution in [2.45, 2.75) is 116 Å². The van der Waals surface area contributed by atoms with Gasteiger partial charge in [-0.15, -0.1) is 0 Å². The number of carbonyl (C=O) groups excluding carboxylic acids is 1. The van der Waals surface area contributed by atoms with E-state index < -0.39 is 12.2 Å². The van der Waals surface area contributed by atoms with Gasteiger partial charge in [-0.05, 0) is 97.2 Å². The van der Waals surface area contributed by atoms with Gasteiger partial charge in [-0.1, -0.05) is 63.9 Å². The van der Waals surface area contributed by atoms with E-state index in [1.807, 2.05) is 0 Å². The fraction of sp³-hybridized carbons (Fsp3) is 0.966. The van der Waals surface area contributed by atoms with E-state index in [1.165, 1.54) is 32.1 Å². The first-order valence-corrected chi connectivity index (χ1v) is 14.9. The highest BCUT2D eigenvalue weighted by molar-refractivity contribution is 9.09. The molecule has 4 heteroatoms. The van der Waals surface area contributed by atoms with Gasteiger partial charge in [0.05, 0.1) is 12.2 Å². The Labute approximate surface area is 211 Å². The van der Waals surface area contributed by atoms with Crippen LogP contribution in [0.15, 0.2) is 0 Å². The van der Waals surface area contributed by atoms with Gasteiger partial charge in [0, 0.05) is 17.2 Å². The third-order valence-electron chi connectivity index (χ3n) is 11.8. The summed E-state index contributed by atoms with van der Waals surface area (Å²) in [4.78, 5) is 13.9. The van der Waals surface area contributed by atoms with Gasteiger partial charge in [-0.2, -0.15) is 0 Å². The molecule has 0 saturated heterocycles. The minimum Gasteiger partial charge on any atom is -0.390 e. The number of aliphatic hydroxyl groups excluding tert-OH is 2. The van der Waals surface area contributed by atoms with Crippen molar-refractivity contribution in [3.05, 3.63) is 0 Å². The average molecular weight is 526 g/mol. The number of fused-ring (bicyclic) bond motifs is 5. The van der Waals surface area contributed by atoms with E-state index in [0.29, 0.717) is 40.2 Å². The molecule has 33 heavy (non-hydrogen) atoms. The summed E-state index contributed by atoms with van der Waals surface area (Å²) >= 11 is 3.82. The Kier molecular flexibility index (Phi) is 7.53. The van der Waals surface area contributed by atoms with Crippen molar-refractivity contribution >= 4 is 21.7 Å². The number of ketones is 1. The molecule has 4 rings (SSSR count). The largest absolute Gasteiger partial charge is 0.390 e. The first-order valence-electron chi connectivity index (χ1n) is 14.0. The van der Waals surface area contributed by atoms with Crippen LogP contribution in [-0.2, 0) is 4.79 Å². The quantitative estimate of drug-likeness (QED) is 0.383. The van der Waals surface area contributed by atoms with Gasteiger partial charge in [0.2, 0.25) is 0 Å². The molecule has 0 unspecified atom stereocenters. The topological polar surface area (TPSA) is 57.5 Å². The van der Waals surface area contributed by atoms with Crippen LogP contribution in [0.5, 0.6) is 0 Å². The van der Waals surface area contributed by atoms with Crippen LogP contribution in [0.2, 0.25) is 0 Å². The van der Waals surface area contributed by atoms with Crippen molar-refractivity contribution in [2.24, 2.45) is 58.2 Å². The standard InChI is InChI=1S/C29H49BrO3/c1-7-19(16(2)3)27(33)26(32)17(4)21-8-9-22-20-15-25(31)24-14-18(30)10-12-29(24,6)23(20)11-13-28(21,22)5/h16-24,26-27,32-33H,7-15H2,1-6H3/t17-,18-,19-,20-,21+,22-,23-,24+,26+,27+,28+,29+/m0/s1. The first kappa shape index (κ1) is 26.1. The minimum atomic E-state index is -0.667. The number of halogens is 1. The van der Waals surface area contributed by atoms with Crippen LogP contribution < -0.4 is 0 Å². The molecule has 0 heterocycles. The van der Waals surface area contributed by atoms with Crippen LogP contribution >= 0.6 is 15.9 Å². The summed E-state index contributed by atoms with van der Waals surface area (Å²) in [6, 6.07) is 0. The number of Topliss-reactive ketones (excluding diaryl/α,β-unsaturated/α-hetero) is 1. The maximum absolute atomic E-state index is 13.4. The lowest BCUT2D eigenvalue weighted by Crippen LogP contribution is -2.57. The maximum atomic E-state index is 13.4. The molecule has 190 valence electrons. The number of hydrogen-bond donors (Lipinski definition) is 2. The molecule has 12 atom stereocenters. The summed E-state index contributed by atoms with van der Waals surface area (Å²) in [7, 11) is 0. The lowest BCUT2D eigenvalue weighted by atomic mass is 9.44. The summed E-state index contributed by atoms with van der Waals surface area (Å²) in [5.41, 5.74) is 0.355. The highest BCUT2D eigenvalue weighted by Crippen LogP contribution is 2.68. The number of aliphatic hydroxyl groups is 2. The molecular formula is C29H49BrO3. The molecule has 0 spiro atoms. The van der Waals surface area contributed by atoms with E-state index in [1.54, 1.807) is 0 Å². The highest BCUT2D eigenvalue weighted by Gasteiger charge is 2.62. The zero-order valence-corrected chi connectivity index (χ0v) is 23.5. The molecular weight excluding hydrogens is 476 g/mol. The van der Waals surface area contributed by atoms with Crippen LogP contribution in [-0.4, -0.2) is 33.0 Å². The Balaban J connectivity index is 1.54. The molecule has 0 amide bonds. The minimum absolute atomic E-state index is 0.0887. The second-order valence-corrected chi connectivity index (χ2v) is 14.7. The predicted octanol–water partition coefficient (Wildman–Crippen LogP) is 6.63. The maximum Gasteiger partial charge on any atom is 0.136 e. The molecule has 0 radical (unpaired) electrons. The van der Waals surface area contributed by atoms with Gasteiger partial charge >= 0.3 is 0 Å². The van der Waals surface area contributed by atoms with Gasteiger partial charge in [0.1, 0.15) is 5.78 Å². The molecule has 0 bridgehead atoms. The molecule has 4 fully saturated rings. The van der Waals surface area contributed by atoms with Crippen LogP contribution in [0.1, 0.15) is 99.3 Å².